The van der Waals surface area contributed by atoms with Crippen LogP contribution in [0.5, 0.6) is 0 Å². The van der Waals surface area contributed by atoms with Crippen molar-refractivity contribution in [2.75, 3.05) is 0 Å². The maximum atomic E-state index is 5.14. The summed E-state index contributed by atoms with van der Waals surface area (Å²) in [6, 6.07) is 3.99. The molecular weight excluding hydrogens is 226 g/mol. The molecule has 0 bridgehead atoms. The van der Waals surface area contributed by atoms with Crippen LogP contribution < -0.4 is 5.90 Å². The fraction of sp³-hybridized carbons (Fsp3) is 0.429. The Hall–Kier alpha value is 0.1000. The molecule has 0 unspecified atom stereocenters. The summed E-state index contributed by atoms with van der Waals surface area (Å²) in [7, 11) is 0. The van der Waals surface area contributed by atoms with Crippen LogP contribution in [0.3, 0.4) is 0 Å². The molecule has 0 saturated heterocycles. The highest BCUT2D eigenvalue weighted by atomic mass is 79.9. The lowest BCUT2D eigenvalue weighted by atomic mass is 10.1. The van der Waals surface area contributed by atoms with Gasteiger partial charge in [-0.2, -0.15) is 0 Å². The molecule has 0 spiro atoms. The van der Waals surface area contributed by atoms with E-state index in [2.05, 4.69) is 15.9 Å². The van der Waals surface area contributed by atoms with Crippen molar-refractivity contribution in [2.45, 2.75) is 19.4 Å². The molecule has 11 heavy (non-hydrogen) atoms. The van der Waals surface area contributed by atoms with Gasteiger partial charge in [0, 0.05) is 4.88 Å². The van der Waals surface area contributed by atoms with Gasteiger partial charge in [0.05, 0.1) is 3.79 Å². The molecule has 1 heterocycles. The fourth-order valence-corrected chi connectivity index (χ4v) is 2.13. The van der Waals surface area contributed by atoms with E-state index in [9.17, 15) is 0 Å². The first-order valence-electron chi connectivity index (χ1n) is 3.20. The summed E-state index contributed by atoms with van der Waals surface area (Å²) in [5, 5.41) is 0. The molecule has 0 amide bonds. The molecule has 0 aliphatic rings. The minimum absolute atomic E-state index is 0.378. The van der Waals surface area contributed by atoms with E-state index in [1.165, 1.54) is 0 Å². The van der Waals surface area contributed by atoms with Crippen LogP contribution in [0.4, 0.5) is 0 Å². The smallest absolute Gasteiger partial charge is 0.118 e. The van der Waals surface area contributed by atoms with Crippen LogP contribution in [0.15, 0.2) is 15.9 Å². The molecule has 0 aliphatic carbocycles. The van der Waals surface area contributed by atoms with E-state index in [-0.39, 0.29) is 5.60 Å². The average molecular weight is 236 g/mol. The highest BCUT2D eigenvalue weighted by Crippen LogP contribution is 2.32. The standard InChI is InChI=1S/C7H10BrNOS/c1-7(2,10-9)5-3-4-6(8)11-5/h3-4H,9H2,1-2H3. The van der Waals surface area contributed by atoms with Crippen LogP contribution in [0, 0.1) is 0 Å². The highest BCUT2D eigenvalue weighted by Gasteiger charge is 2.21. The molecule has 0 aromatic carbocycles. The van der Waals surface area contributed by atoms with Crippen molar-refractivity contribution >= 4 is 27.3 Å². The summed E-state index contributed by atoms with van der Waals surface area (Å²) in [6.07, 6.45) is 0. The van der Waals surface area contributed by atoms with Gasteiger partial charge in [0.25, 0.3) is 0 Å². The minimum atomic E-state index is -0.378. The minimum Gasteiger partial charge on any atom is -0.293 e. The van der Waals surface area contributed by atoms with Crippen molar-refractivity contribution in [3.8, 4) is 0 Å². The Kier molecular flexibility index (Phi) is 2.70. The van der Waals surface area contributed by atoms with Crippen molar-refractivity contribution in [2.24, 2.45) is 5.90 Å². The quantitative estimate of drug-likeness (QED) is 0.801. The summed E-state index contributed by atoms with van der Waals surface area (Å²) in [5.74, 6) is 5.14. The molecular formula is C7H10BrNOS. The molecule has 0 aliphatic heterocycles. The molecule has 1 aromatic rings. The van der Waals surface area contributed by atoms with Crippen molar-refractivity contribution in [1.29, 1.82) is 0 Å². The number of nitrogens with two attached hydrogens (primary N) is 1. The lowest BCUT2D eigenvalue weighted by Crippen LogP contribution is -2.23. The molecule has 2 N–H and O–H groups in total. The first-order valence-corrected chi connectivity index (χ1v) is 4.81. The van der Waals surface area contributed by atoms with Crippen molar-refractivity contribution < 1.29 is 4.84 Å². The Balaban J connectivity index is 2.92. The van der Waals surface area contributed by atoms with Gasteiger partial charge < -0.3 is 0 Å². The summed E-state index contributed by atoms with van der Waals surface area (Å²) in [6.45, 7) is 3.87. The van der Waals surface area contributed by atoms with E-state index < -0.39 is 0 Å². The molecule has 0 fully saturated rings. The molecule has 4 heteroatoms. The van der Waals surface area contributed by atoms with Gasteiger partial charge in [0.2, 0.25) is 0 Å². The van der Waals surface area contributed by atoms with Crippen LogP contribution in [-0.4, -0.2) is 0 Å². The molecule has 0 atom stereocenters. The van der Waals surface area contributed by atoms with Crippen LogP contribution >= 0.6 is 27.3 Å². The molecule has 1 rings (SSSR count). The first-order chi connectivity index (χ1) is 5.06. The number of hydrogen-bond acceptors (Lipinski definition) is 3. The lowest BCUT2D eigenvalue weighted by molar-refractivity contribution is -0.0208. The second kappa shape index (κ2) is 3.23. The van der Waals surface area contributed by atoms with Gasteiger partial charge in [-0.05, 0) is 41.9 Å². The van der Waals surface area contributed by atoms with Gasteiger partial charge in [-0.3, -0.25) is 4.84 Å². The third-order valence-corrected chi connectivity index (χ3v) is 3.39. The number of halogens is 1. The van der Waals surface area contributed by atoms with Crippen molar-refractivity contribution in [3.63, 3.8) is 0 Å². The maximum Gasteiger partial charge on any atom is 0.118 e. The van der Waals surface area contributed by atoms with Gasteiger partial charge in [-0.1, -0.05) is 0 Å². The Morgan fingerprint density at radius 1 is 1.55 bits per heavy atom. The Morgan fingerprint density at radius 3 is 2.55 bits per heavy atom. The average Bonchev–Trinajstić information content (AvgIpc) is 2.36. The zero-order valence-corrected chi connectivity index (χ0v) is 8.83. The van der Waals surface area contributed by atoms with Crippen LogP contribution in [0.2, 0.25) is 0 Å². The summed E-state index contributed by atoms with van der Waals surface area (Å²) in [4.78, 5) is 5.94. The summed E-state index contributed by atoms with van der Waals surface area (Å²) < 4.78 is 1.10. The molecule has 2 nitrogen and oxygen atoms in total. The van der Waals surface area contributed by atoms with Gasteiger partial charge in [-0.25, -0.2) is 5.90 Å². The highest BCUT2D eigenvalue weighted by molar-refractivity contribution is 9.11. The summed E-state index contributed by atoms with van der Waals surface area (Å²) >= 11 is 5.01. The van der Waals surface area contributed by atoms with Crippen molar-refractivity contribution in [1.82, 2.24) is 0 Å². The number of rotatable bonds is 2. The van der Waals surface area contributed by atoms with Crippen LogP contribution in [0.1, 0.15) is 18.7 Å². The fourth-order valence-electron chi connectivity index (χ4n) is 0.696. The predicted molar refractivity (Wildman–Crippen MR) is 50.3 cm³/mol. The second-order valence-electron chi connectivity index (χ2n) is 2.73. The molecule has 0 saturated carbocycles. The van der Waals surface area contributed by atoms with E-state index >= 15 is 0 Å². The van der Waals surface area contributed by atoms with Crippen LogP contribution in [-0.2, 0) is 10.4 Å². The number of thiophene rings is 1. The van der Waals surface area contributed by atoms with Gasteiger partial charge in [0.1, 0.15) is 5.60 Å². The Bertz CT molecular complexity index is 246. The van der Waals surface area contributed by atoms with Crippen molar-refractivity contribution in [3.05, 3.63) is 20.8 Å². The van der Waals surface area contributed by atoms with E-state index in [1.807, 2.05) is 26.0 Å². The van der Waals surface area contributed by atoms with Gasteiger partial charge >= 0.3 is 0 Å². The lowest BCUT2D eigenvalue weighted by Gasteiger charge is -2.19. The second-order valence-corrected chi connectivity index (χ2v) is 5.19. The zero-order valence-electron chi connectivity index (χ0n) is 6.43. The Morgan fingerprint density at radius 2 is 2.18 bits per heavy atom. The summed E-state index contributed by atoms with van der Waals surface area (Å²) in [5.41, 5.74) is -0.378. The molecule has 0 radical (unpaired) electrons. The third kappa shape index (κ3) is 2.02. The normalized spacial score (nSPS) is 12.0. The largest absolute Gasteiger partial charge is 0.293 e. The maximum absolute atomic E-state index is 5.14. The van der Waals surface area contributed by atoms with E-state index in [0.717, 1.165) is 8.66 Å². The number of hydrogen-bond donors (Lipinski definition) is 1. The third-order valence-electron chi connectivity index (χ3n) is 1.46. The van der Waals surface area contributed by atoms with Gasteiger partial charge in [-0.15, -0.1) is 11.3 Å². The first kappa shape index (κ1) is 9.19. The van der Waals surface area contributed by atoms with E-state index in [0.29, 0.717) is 0 Å². The zero-order chi connectivity index (χ0) is 8.48. The Labute approximate surface area is 78.4 Å². The molecule has 62 valence electrons. The van der Waals surface area contributed by atoms with Crippen LogP contribution in [0.25, 0.3) is 0 Å². The SMILES string of the molecule is CC(C)(ON)c1ccc(Br)s1. The van der Waals surface area contributed by atoms with E-state index in [1.54, 1.807) is 11.3 Å². The monoisotopic (exact) mass is 235 g/mol. The topological polar surface area (TPSA) is 35.2 Å². The van der Waals surface area contributed by atoms with Gasteiger partial charge in [0.15, 0.2) is 0 Å². The molecule has 1 aromatic heterocycles. The predicted octanol–water partition coefficient (Wildman–Crippen LogP) is 2.64. The van der Waals surface area contributed by atoms with E-state index in [4.69, 9.17) is 10.7 Å².